The summed E-state index contributed by atoms with van der Waals surface area (Å²) in [5, 5.41) is 0. The van der Waals surface area contributed by atoms with Crippen molar-refractivity contribution in [1.82, 2.24) is 0 Å². The Morgan fingerprint density at radius 3 is 1.53 bits per heavy atom. The van der Waals surface area contributed by atoms with Gasteiger partial charge in [-0.1, -0.05) is 96.1 Å². The predicted molar refractivity (Wildman–Crippen MR) is 138 cm³/mol. The van der Waals surface area contributed by atoms with Crippen LogP contribution in [0.15, 0.2) is 12.2 Å². The highest BCUT2D eigenvalue weighted by Crippen LogP contribution is 2.43. The Labute approximate surface area is 200 Å². The average Bonchev–Trinajstić information content (AvgIpc) is 2.71. The first kappa shape index (κ1) is 31.8. The van der Waals surface area contributed by atoms with Crippen molar-refractivity contribution >= 4 is 7.82 Å². The van der Waals surface area contributed by atoms with Crippen LogP contribution in [0, 0.1) is 0 Å². The number of quaternary nitrogens is 1. The molecule has 0 rings (SSSR count). The number of phosphoric acid groups is 1. The van der Waals surface area contributed by atoms with Gasteiger partial charge in [-0.15, -0.1) is 0 Å². The normalized spacial score (nSPS) is 14.3. The number of hydrogen-bond acceptors (Lipinski definition) is 3. The SMILES string of the molecule is CCCCCCCC/C=C\CCCCCCCCCCCOP(=O)(O)OCC[N+](C)(C)C. The van der Waals surface area contributed by atoms with Crippen LogP contribution in [0.2, 0.25) is 0 Å². The Morgan fingerprint density at radius 2 is 1.06 bits per heavy atom. The molecule has 0 bridgehead atoms. The fraction of sp³-hybridized carbons (Fsp3) is 0.923. The molecule has 0 fully saturated rings. The molecule has 0 aromatic carbocycles. The van der Waals surface area contributed by atoms with E-state index in [9.17, 15) is 9.46 Å². The Bertz CT molecular complexity index is 477. The van der Waals surface area contributed by atoms with E-state index < -0.39 is 7.82 Å². The second-order valence-electron chi connectivity index (χ2n) is 10.1. The van der Waals surface area contributed by atoms with Crippen LogP contribution in [0.5, 0.6) is 0 Å². The molecule has 0 heterocycles. The smallest absolute Gasteiger partial charge is 0.329 e. The van der Waals surface area contributed by atoms with Gasteiger partial charge in [0, 0.05) is 0 Å². The van der Waals surface area contributed by atoms with Gasteiger partial charge in [-0.05, 0) is 32.1 Å². The number of rotatable bonds is 24. The van der Waals surface area contributed by atoms with Gasteiger partial charge in [0.05, 0.1) is 27.7 Å². The highest BCUT2D eigenvalue weighted by molar-refractivity contribution is 7.47. The van der Waals surface area contributed by atoms with Gasteiger partial charge in [-0.3, -0.25) is 9.05 Å². The number of phosphoric ester groups is 1. The Hall–Kier alpha value is -0.190. The highest BCUT2D eigenvalue weighted by atomic mass is 31.2. The first-order chi connectivity index (χ1) is 15.3. The third-order valence-corrected chi connectivity index (χ3v) is 6.69. The quantitative estimate of drug-likeness (QED) is 0.0663. The van der Waals surface area contributed by atoms with Crippen molar-refractivity contribution in [3.63, 3.8) is 0 Å². The second kappa shape index (κ2) is 21.4. The summed E-state index contributed by atoms with van der Waals surface area (Å²) in [5.41, 5.74) is 0. The molecule has 0 aromatic heterocycles. The lowest BCUT2D eigenvalue weighted by Gasteiger charge is -2.24. The highest BCUT2D eigenvalue weighted by Gasteiger charge is 2.21. The van der Waals surface area contributed by atoms with Gasteiger partial charge in [0.2, 0.25) is 0 Å². The molecule has 5 nitrogen and oxygen atoms in total. The predicted octanol–water partition coefficient (Wildman–Crippen LogP) is 8.03. The third kappa shape index (κ3) is 26.1. The van der Waals surface area contributed by atoms with Crippen LogP contribution in [-0.2, 0) is 13.6 Å². The Kier molecular flexibility index (Phi) is 21.2. The third-order valence-electron chi connectivity index (χ3n) is 5.68. The van der Waals surface area contributed by atoms with Gasteiger partial charge in [0.1, 0.15) is 13.2 Å². The van der Waals surface area contributed by atoms with E-state index in [4.69, 9.17) is 9.05 Å². The number of likely N-dealkylation sites (N-methyl/N-ethyl adjacent to an activating group) is 1. The minimum atomic E-state index is -3.89. The molecule has 6 heteroatoms. The lowest BCUT2D eigenvalue weighted by atomic mass is 10.1. The second-order valence-corrected chi connectivity index (χ2v) is 11.6. The van der Waals surface area contributed by atoms with Gasteiger partial charge in [0.15, 0.2) is 0 Å². The van der Waals surface area contributed by atoms with E-state index in [1.165, 1.54) is 96.3 Å². The van der Waals surface area contributed by atoms with Crippen molar-refractivity contribution in [2.75, 3.05) is 40.9 Å². The zero-order chi connectivity index (χ0) is 24.0. The summed E-state index contributed by atoms with van der Waals surface area (Å²) >= 11 is 0. The van der Waals surface area contributed by atoms with Crippen molar-refractivity contribution in [1.29, 1.82) is 0 Å². The van der Waals surface area contributed by atoms with Crippen molar-refractivity contribution < 1.29 is 23.0 Å². The molecule has 1 atom stereocenters. The average molecular weight is 477 g/mol. The molecule has 0 amide bonds. The molecular weight excluding hydrogens is 421 g/mol. The largest absolute Gasteiger partial charge is 0.472 e. The van der Waals surface area contributed by atoms with E-state index in [1.54, 1.807) is 0 Å². The van der Waals surface area contributed by atoms with E-state index in [0.717, 1.165) is 12.8 Å². The molecule has 1 N–H and O–H groups in total. The number of hydrogen-bond donors (Lipinski definition) is 1. The van der Waals surface area contributed by atoms with Crippen LogP contribution >= 0.6 is 7.82 Å². The lowest BCUT2D eigenvalue weighted by Crippen LogP contribution is -2.37. The molecule has 0 aromatic rings. The first-order valence-corrected chi connectivity index (χ1v) is 14.8. The van der Waals surface area contributed by atoms with Crippen LogP contribution in [0.4, 0.5) is 0 Å². The fourth-order valence-corrected chi connectivity index (χ4v) is 4.27. The van der Waals surface area contributed by atoms with Crippen LogP contribution < -0.4 is 0 Å². The summed E-state index contributed by atoms with van der Waals surface area (Å²) in [6.07, 6.45) is 26.5. The summed E-state index contributed by atoms with van der Waals surface area (Å²) in [6.45, 7) is 3.47. The number of unbranched alkanes of at least 4 members (excludes halogenated alkanes) is 15. The van der Waals surface area contributed by atoms with Gasteiger partial charge in [-0.25, -0.2) is 4.57 Å². The molecule has 32 heavy (non-hydrogen) atoms. The monoisotopic (exact) mass is 476 g/mol. The molecule has 0 saturated carbocycles. The van der Waals surface area contributed by atoms with Crippen LogP contribution in [0.1, 0.15) is 116 Å². The summed E-state index contributed by atoms with van der Waals surface area (Å²) < 4.78 is 22.6. The number of allylic oxidation sites excluding steroid dienone is 2. The van der Waals surface area contributed by atoms with Gasteiger partial charge in [0.25, 0.3) is 0 Å². The Morgan fingerprint density at radius 1 is 0.656 bits per heavy atom. The van der Waals surface area contributed by atoms with Crippen LogP contribution in [0.25, 0.3) is 0 Å². The zero-order valence-corrected chi connectivity index (χ0v) is 22.8. The molecule has 0 spiro atoms. The molecule has 1 unspecified atom stereocenters. The van der Waals surface area contributed by atoms with E-state index in [1.807, 2.05) is 21.1 Å². The molecular formula is C26H55NO4P+. The van der Waals surface area contributed by atoms with Crippen molar-refractivity contribution in [2.24, 2.45) is 0 Å². The molecule has 0 saturated heterocycles. The molecule has 0 radical (unpaired) electrons. The molecule has 192 valence electrons. The van der Waals surface area contributed by atoms with E-state index in [-0.39, 0.29) is 6.61 Å². The van der Waals surface area contributed by atoms with Crippen molar-refractivity contribution in [3.05, 3.63) is 12.2 Å². The summed E-state index contributed by atoms with van der Waals surface area (Å²) in [5.74, 6) is 0. The standard InChI is InChI=1S/C26H54NO4P/c1-5-6-7-8-9-10-11-12-13-14-15-16-17-18-19-20-21-22-23-25-30-32(28,29)31-26-24-27(2,3)4/h12-13H,5-11,14-26H2,1-4H3/p+1/b13-12-. The van der Waals surface area contributed by atoms with Gasteiger partial charge >= 0.3 is 7.82 Å². The van der Waals surface area contributed by atoms with Gasteiger partial charge < -0.3 is 9.38 Å². The molecule has 0 aliphatic heterocycles. The van der Waals surface area contributed by atoms with E-state index in [2.05, 4.69) is 19.1 Å². The van der Waals surface area contributed by atoms with Crippen molar-refractivity contribution in [2.45, 2.75) is 116 Å². The maximum atomic E-state index is 11.8. The summed E-state index contributed by atoms with van der Waals surface area (Å²) in [7, 11) is 2.16. The lowest BCUT2D eigenvalue weighted by molar-refractivity contribution is -0.870. The maximum Gasteiger partial charge on any atom is 0.472 e. The van der Waals surface area contributed by atoms with E-state index >= 15 is 0 Å². The minimum absolute atomic E-state index is 0.229. The first-order valence-electron chi connectivity index (χ1n) is 13.3. The van der Waals surface area contributed by atoms with E-state index in [0.29, 0.717) is 17.6 Å². The van der Waals surface area contributed by atoms with Gasteiger partial charge in [-0.2, -0.15) is 0 Å². The summed E-state index contributed by atoms with van der Waals surface area (Å²) in [6, 6.07) is 0. The van der Waals surface area contributed by atoms with Crippen LogP contribution in [0.3, 0.4) is 0 Å². The molecule has 0 aliphatic carbocycles. The maximum absolute atomic E-state index is 11.8. The number of nitrogens with zero attached hydrogens (tertiary/aromatic N) is 1. The van der Waals surface area contributed by atoms with Crippen molar-refractivity contribution in [3.8, 4) is 0 Å². The Balaban J connectivity index is 3.31. The zero-order valence-electron chi connectivity index (χ0n) is 21.9. The fourth-order valence-electron chi connectivity index (χ4n) is 3.53. The topological polar surface area (TPSA) is 55.8 Å². The minimum Gasteiger partial charge on any atom is -0.329 e. The van der Waals surface area contributed by atoms with Crippen LogP contribution in [-0.4, -0.2) is 50.3 Å². The summed E-state index contributed by atoms with van der Waals surface area (Å²) in [4.78, 5) is 9.66. The molecule has 0 aliphatic rings.